The number of rotatable bonds is 4. The molecular weight excluding hydrogens is 296 g/mol. The van der Waals surface area contributed by atoms with Gasteiger partial charge < -0.3 is 5.73 Å². The molecule has 1 aromatic heterocycles. The molecule has 1 aliphatic carbocycles. The third-order valence-corrected chi connectivity index (χ3v) is 5.22. The zero-order valence-corrected chi connectivity index (χ0v) is 12.8. The molecule has 1 heterocycles. The van der Waals surface area contributed by atoms with E-state index < -0.39 is 0 Å². The number of nitrogens with zero attached hydrogens (tertiary/aromatic N) is 1. The first-order chi connectivity index (χ1) is 8.19. The Morgan fingerprint density at radius 2 is 2.12 bits per heavy atom. The molecular formula is C13H21BrN2S. The fourth-order valence-corrected chi connectivity index (χ4v) is 3.83. The standard InChI is InChI=1S/C13H21BrN2S/c1-2-16(8-10-7-13(14)17-9-10)12-5-3-11(15)4-6-12/h7,9,11-12H,2-6,8,15H2,1H3. The zero-order valence-electron chi connectivity index (χ0n) is 10.4. The lowest BCUT2D eigenvalue weighted by Crippen LogP contribution is -2.40. The Kier molecular flexibility index (Phi) is 5.03. The second kappa shape index (κ2) is 6.32. The first kappa shape index (κ1) is 13.5. The molecule has 4 heteroatoms. The van der Waals surface area contributed by atoms with E-state index in [-0.39, 0.29) is 0 Å². The Hall–Kier alpha value is 0.1000. The predicted molar refractivity (Wildman–Crippen MR) is 78.3 cm³/mol. The predicted octanol–water partition coefficient (Wildman–Crippen LogP) is 3.60. The van der Waals surface area contributed by atoms with Gasteiger partial charge in [0.1, 0.15) is 0 Å². The van der Waals surface area contributed by atoms with Crippen molar-refractivity contribution in [2.75, 3.05) is 6.54 Å². The van der Waals surface area contributed by atoms with Crippen molar-refractivity contribution in [3.05, 3.63) is 20.8 Å². The Bertz CT molecular complexity index is 345. The van der Waals surface area contributed by atoms with Gasteiger partial charge in [0.05, 0.1) is 3.79 Å². The van der Waals surface area contributed by atoms with E-state index in [1.807, 2.05) is 0 Å². The highest BCUT2D eigenvalue weighted by Crippen LogP contribution is 2.26. The first-order valence-corrected chi connectivity index (χ1v) is 8.09. The van der Waals surface area contributed by atoms with E-state index in [9.17, 15) is 0 Å². The summed E-state index contributed by atoms with van der Waals surface area (Å²) in [7, 11) is 0. The molecule has 0 aliphatic heterocycles. The van der Waals surface area contributed by atoms with Crippen molar-refractivity contribution in [3.8, 4) is 0 Å². The SMILES string of the molecule is CCN(Cc1csc(Br)c1)C1CCC(N)CC1. The number of nitrogens with two attached hydrogens (primary N) is 1. The summed E-state index contributed by atoms with van der Waals surface area (Å²) in [5, 5.41) is 2.25. The van der Waals surface area contributed by atoms with Gasteiger partial charge in [-0.1, -0.05) is 6.92 Å². The topological polar surface area (TPSA) is 29.3 Å². The second-order valence-electron chi connectivity index (χ2n) is 4.89. The minimum atomic E-state index is 0.445. The maximum Gasteiger partial charge on any atom is 0.0701 e. The van der Waals surface area contributed by atoms with Crippen molar-refractivity contribution in [3.63, 3.8) is 0 Å². The summed E-state index contributed by atoms with van der Waals surface area (Å²) in [5.74, 6) is 0. The lowest BCUT2D eigenvalue weighted by atomic mass is 9.90. The lowest BCUT2D eigenvalue weighted by Gasteiger charge is -2.35. The van der Waals surface area contributed by atoms with Crippen molar-refractivity contribution in [2.24, 2.45) is 5.73 Å². The summed E-state index contributed by atoms with van der Waals surface area (Å²) < 4.78 is 1.23. The van der Waals surface area contributed by atoms with Gasteiger partial charge in [-0.3, -0.25) is 4.90 Å². The summed E-state index contributed by atoms with van der Waals surface area (Å²) in [6.07, 6.45) is 4.91. The van der Waals surface area contributed by atoms with Crippen molar-refractivity contribution < 1.29 is 0 Å². The molecule has 0 aromatic carbocycles. The van der Waals surface area contributed by atoms with E-state index in [1.165, 1.54) is 35.0 Å². The van der Waals surface area contributed by atoms with Crippen LogP contribution in [0.5, 0.6) is 0 Å². The Labute approximate surface area is 116 Å². The summed E-state index contributed by atoms with van der Waals surface area (Å²) in [6, 6.07) is 3.42. The minimum absolute atomic E-state index is 0.445. The molecule has 96 valence electrons. The van der Waals surface area contributed by atoms with Gasteiger partial charge in [0, 0.05) is 18.6 Å². The van der Waals surface area contributed by atoms with Crippen LogP contribution in [0.25, 0.3) is 0 Å². The summed E-state index contributed by atoms with van der Waals surface area (Å²) >= 11 is 5.31. The molecule has 1 saturated carbocycles. The van der Waals surface area contributed by atoms with Crippen LogP contribution in [0.15, 0.2) is 15.2 Å². The van der Waals surface area contributed by atoms with Gasteiger partial charge in [0.2, 0.25) is 0 Å². The van der Waals surface area contributed by atoms with E-state index in [1.54, 1.807) is 11.3 Å². The van der Waals surface area contributed by atoms with Crippen LogP contribution in [0.4, 0.5) is 0 Å². The van der Waals surface area contributed by atoms with Crippen LogP contribution < -0.4 is 5.73 Å². The summed E-state index contributed by atoms with van der Waals surface area (Å²) in [6.45, 7) is 4.47. The van der Waals surface area contributed by atoms with Crippen LogP contribution in [0, 0.1) is 0 Å². The van der Waals surface area contributed by atoms with Crippen molar-refractivity contribution in [1.82, 2.24) is 4.90 Å². The molecule has 1 aromatic rings. The fraction of sp³-hybridized carbons (Fsp3) is 0.692. The molecule has 2 nitrogen and oxygen atoms in total. The highest BCUT2D eigenvalue weighted by molar-refractivity contribution is 9.11. The molecule has 0 spiro atoms. The number of halogens is 1. The Morgan fingerprint density at radius 3 is 2.65 bits per heavy atom. The average Bonchev–Trinajstić information content (AvgIpc) is 2.73. The molecule has 0 saturated heterocycles. The molecule has 0 unspecified atom stereocenters. The highest BCUT2D eigenvalue weighted by Gasteiger charge is 2.23. The van der Waals surface area contributed by atoms with Crippen LogP contribution >= 0.6 is 27.3 Å². The smallest absolute Gasteiger partial charge is 0.0701 e. The molecule has 17 heavy (non-hydrogen) atoms. The van der Waals surface area contributed by atoms with Gasteiger partial charge in [-0.05, 0) is 65.2 Å². The molecule has 1 aliphatic rings. The molecule has 1 fully saturated rings. The summed E-state index contributed by atoms with van der Waals surface area (Å²) in [4.78, 5) is 2.60. The quantitative estimate of drug-likeness (QED) is 0.919. The Balaban J connectivity index is 1.92. The molecule has 2 rings (SSSR count). The van der Waals surface area contributed by atoms with Crippen molar-refractivity contribution in [2.45, 2.75) is 51.2 Å². The van der Waals surface area contributed by atoms with E-state index in [2.05, 4.69) is 39.2 Å². The molecule has 0 bridgehead atoms. The van der Waals surface area contributed by atoms with Crippen molar-refractivity contribution in [1.29, 1.82) is 0 Å². The van der Waals surface area contributed by atoms with Gasteiger partial charge in [-0.25, -0.2) is 0 Å². The van der Waals surface area contributed by atoms with Gasteiger partial charge in [-0.15, -0.1) is 11.3 Å². The van der Waals surface area contributed by atoms with E-state index in [0.29, 0.717) is 6.04 Å². The minimum Gasteiger partial charge on any atom is -0.328 e. The third-order valence-electron chi connectivity index (χ3n) is 3.67. The average molecular weight is 317 g/mol. The normalized spacial score (nSPS) is 25.4. The van der Waals surface area contributed by atoms with Crippen LogP contribution in [0.1, 0.15) is 38.2 Å². The maximum atomic E-state index is 5.97. The van der Waals surface area contributed by atoms with Crippen LogP contribution in [-0.2, 0) is 6.54 Å². The van der Waals surface area contributed by atoms with E-state index in [0.717, 1.165) is 19.1 Å². The first-order valence-electron chi connectivity index (χ1n) is 6.41. The number of thiophene rings is 1. The lowest BCUT2D eigenvalue weighted by molar-refractivity contribution is 0.149. The number of hydrogen-bond acceptors (Lipinski definition) is 3. The highest BCUT2D eigenvalue weighted by atomic mass is 79.9. The van der Waals surface area contributed by atoms with E-state index >= 15 is 0 Å². The molecule has 0 radical (unpaired) electrons. The largest absolute Gasteiger partial charge is 0.328 e. The zero-order chi connectivity index (χ0) is 12.3. The van der Waals surface area contributed by atoms with Crippen molar-refractivity contribution >= 4 is 27.3 Å². The van der Waals surface area contributed by atoms with Gasteiger partial charge >= 0.3 is 0 Å². The second-order valence-corrected chi connectivity index (χ2v) is 7.18. The van der Waals surface area contributed by atoms with Gasteiger partial charge in [0.15, 0.2) is 0 Å². The van der Waals surface area contributed by atoms with E-state index in [4.69, 9.17) is 5.73 Å². The third kappa shape index (κ3) is 3.78. The van der Waals surface area contributed by atoms with Crippen LogP contribution in [-0.4, -0.2) is 23.5 Å². The van der Waals surface area contributed by atoms with Gasteiger partial charge in [-0.2, -0.15) is 0 Å². The molecule has 0 atom stereocenters. The van der Waals surface area contributed by atoms with Crippen LogP contribution in [0.2, 0.25) is 0 Å². The van der Waals surface area contributed by atoms with Gasteiger partial charge in [0.25, 0.3) is 0 Å². The summed E-state index contributed by atoms with van der Waals surface area (Å²) in [5.41, 5.74) is 7.40. The Morgan fingerprint density at radius 1 is 1.41 bits per heavy atom. The van der Waals surface area contributed by atoms with Crippen LogP contribution in [0.3, 0.4) is 0 Å². The molecule has 2 N–H and O–H groups in total. The molecule has 0 amide bonds. The fourth-order valence-electron chi connectivity index (χ4n) is 2.63. The number of hydrogen-bond donors (Lipinski definition) is 1. The monoisotopic (exact) mass is 316 g/mol. The maximum absolute atomic E-state index is 5.97.